The highest BCUT2D eigenvalue weighted by atomic mass is 19.4. The number of amides is 2. The summed E-state index contributed by atoms with van der Waals surface area (Å²) in [6.07, 6.45) is -4.73. The summed E-state index contributed by atoms with van der Waals surface area (Å²) >= 11 is 0. The minimum atomic E-state index is -4.51. The van der Waals surface area contributed by atoms with Gasteiger partial charge in [-0.15, -0.1) is 0 Å². The Morgan fingerprint density at radius 1 is 1.00 bits per heavy atom. The number of halogens is 5. The standard InChI is InChI=1S/C17H14F5N3O2/c18-11-4-5-13(14(19)9-11)16(27)23-7-6-15(26)25-24-12-3-1-2-10(8-12)17(20,21)22/h1-5,8-9,24H,6-7H2,(H,23,27)(H,25,26). The number of hydrogen-bond donors (Lipinski definition) is 3. The van der Waals surface area contributed by atoms with E-state index in [1.54, 1.807) is 0 Å². The van der Waals surface area contributed by atoms with Crippen LogP contribution in [0.5, 0.6) is 0 Å². The lowest BCUT2D eigenvalue weighted by Gasteiger charge is -2.12. The van der Waals surface area contributed by atoms with Crippen molar-refractivity contribution in [2.45, 2.75) is 12.6 Å². The lowest BCUT2D eigenvalue weighted by molar-refractivity contribution is -0.137. The van der Waals surface area contributed by atoms with Gasteiger partial charge in [-0.25, -0.2) is 8.78 Å². The minimum absolute atomic E-state index is 0.0237. The van der Waals surface area contributed by atoms with Gasteiger partial charge in [0, 0.05) is 19.0 Å². The molecule has 0 fully saturated rings. The molecule has 5 nitrogen and oxygen atoms in total. The van der Waals surface area contributed by atoms with Crippen molar-refractivity contribution < 1.29 is 31.5 Å². The molecule has 0 saturated heterocycles. The van der Waals surface area contributed by atoms with Crippen molar-refractivity contribution in [1.82, 2.24) is 10.7 Å². The van der Waals surface area contributed by atoms with Crippen molar-refractivity contribution in [3.05, 3.63) is 65.2 Å². The van der Waals surface area contributed by atoms with Crippen LogP contribution >= 0.6 is 0 Å². The Kier molecular flexibility index (Phi) is 6.32. The average Bonchev–Trinajstić information content (AvgIpc) is 2.59. The zero-order chi connectivity index (χ0) is 20.0. The normalized spacial score (nSPS) is 11.0. The summed E-state index contributed by atoms with van der Waals surface area (Å²) in [5.41, 5.74) is 3.28. The predicted octanol–water partition coefficient (Wildman–Crippen LogP) is 3.25. The lowest BCUT2D eigenvalue weighted by atomic mass is 10.2. The van der Waals surface area contributed by atoms with E-state index in [1.165, 1.54) is 12.1 Å². The summed E-state index contributed by atoms with van der Waals surface area (Å²) in [7, 11) is 0. The smallest absolute Gasteiger partial charge is 0.351 e. The van der Waals surface area contributed by atoms with E-state index in [0.717, 1.165) is 24.3 Å². The Labute approximate surface area is 150 Å². The zero-order valence-electron chi connectivity index (χ0n) is 13.7. The van der Waals surface area contributed by atoms with Crippen LogP contribution in [0.1, 0.15) is 22.3 Å². The van der Waals surface area contributed by atoms with Gasteiger partial charge >= 0.3 is 6.18 Å². The Hall–Kier alpha value is -3.17. The maximum atomic E-state index is 13.4. The first-order valence-electron chi connectivity index (χ1n) is 7.62. The largest absolute Gasteiger partial charge is 0.416 e. The maximum absolute atomic E-state index is 13.4. The Morgan fingerprint density at radius 3 is 2.41 bits per heavy atom. The summed E-state index contributed by atoms with van der Waals surface area (Å²) < 4.78 is 64.0. The van der Waals surface area contributed by atoms with Crippen molar-refractivity contribution in [1.29, 1.82) is 0 Å². The Morgan fingerprint density at radius 2 is 1.74 bits per heavy atom. The molecule has 3 N–H and O–H groups in total. The molecule has 0 atom stereocenters. The number of alkyl halides is 3. The first-order valence-corrected chi connectivity index (χ1v) is 7.62. The summed E-state index contributed by atoms with van der Waals surface area (Å²) in [6, 6.07) is 6.65. The highest BCUT2D eigenvalue weighted by Crippen LogP contribution is 2.30. The van der Waals surface area contributed by atoms with E-state index in [-0.39, 0.29) is 24.2 Å². The Balaban J connectivity index is 1.79. The molecule has 0 bridgehead atoms. The van der Waals surface area contributed by atoms with Gasteiger partial charge < -0.3 is 5.32 Å². The summed E-state index contributed by atoms with van der Waals surface area (Å²) in [4.78, 5) is 23.4. The SMILES string of the molecule is O=C(CCNC(=O)c1ccc(F)cc1F)NNc1cccc(C(F)(F)F)c1. The van der Waals surface area contributed by atoms with Gasteiger partial charge in [0.15, 0.2) is 0 Å². The molecule has 0 aliphatic rings. The van der Waals surface area contributed by atoms with Gasteiger partial charge in [-0.3, -0.25) is 20.4 Å². The predicted molar refractivity (Wildman–Crippen MR) is 86.5 cm³/mol. The number of hydrazine groups is 1. The fraction of sp³-hybridized carbons (Fsp3) is 0.176. The molecule has 0 heterocycles. The van der Waals surface area contributed by atoms with E-state index in [1.807, 2.05) is 0 Å². The van der Waals surface area contributed by atoms with Crippen molar-refractivity contribution in [3.8, 4) is 0 Å². The van der Waals surface area contributed by atoms with Gasteiger partial charge in [0.05, 0.1) is 16.8 Å². The monoisotopic (exact) mass is 387 g/mol. The number of carbonyl (C=O) groups is 2. The number of anilines is 1. The first kappa shape index (κ1) is 20.1. The molecule has 0 aliphatic heterocycles. The molecule has 0 saturated carbocycles. The fourth-order valence-electron chi connectivity index (χ4n) is 2.04. The summed E-state index contributed by atoms with van der Waals surface area (Å²) in [6.45, 7) is -0.161. The van der Waals surface area contributed by atoms with Gasteiger partial charge in [-0.05, 0) is 30.3 Å². The second-order valence-corrected chi connectivity index (χ2v) is 5.38. The van der Waals surface area contributed by atoms with Gasteiger partial charge in [0.25, 0.3) is 5.91 Å². The molecule has 27 heavy (non-hydrogen) atoms. The molecule has 0 radical (unpaired) electrons. The van der Waals surface area contributed by atoms with Crippen LogP contribution in [0.2, 0.25) is 0 Å². The summed E-state index contributed by atoms with van der Waals surface area (Å²) in [5, 5.41) is 2.28. The lowest BCUT2D eigenvalue weighted by Crippen LogP contribution is -2.34. The van der Waals surface area contributed by atoms with E-state index in [2.05, 4.69) is 16.2 Å². The van der Waals surface area contributed by atoms with Crippen molar-refractivity contribution in [2.75, 3.05) is 12.0 Å². The molecule has 0 aromatic heterocycles. The van der Waals surface area contributed by atoms with E-state index < -0.39 is 35.2 Å². The minimum Gasteiger partial charge on any atom is -0.351 e. The van der Waals surface area contributed by atoms with Crippen LogP contribution in [-0.2, 0) is 11.0 Å². The second kappa shape index (κ2) is 8.47. The third-order valence-corrected chi connectivity index (χ3v) is 3.35. The molecular weight excluding hydrogens is 373 g/mol. The average molecular weight is 387 g/mol. The van der Waals surface area contributed by atoms with Crippen LogP contribution in [0.3, 0.4) is 0 Å². The molecule has 0 aliphatic carbocycles. The van der Waals surface area contributed by atoms with Gasteiger partial charge in [-0.1, -0.05) is 6.07 Å². The molecular formula is C17H14F5N3O2. The van der Waals surface area contributed by atoms with Crippen LogP contribution in [-0.4, -0.2) is 18.4 Å². The van der Waals surface area contributed by atoms with Crippen molar-refractivity contribution in [3.63, 3.8) is 0 Å². The third-order valence-electron chi connectivity index (χ3n) is 3.35. The van der Waals surface area contributed by atoms with Gasteiger partial charge in [0.2, 0.25) is 5.91 Å². The maximum Gasteiger partial charge on any atom is 0.416 e. The fourth-order valence-corrected chi connectivity index (χ4v) is 2.04. The number of carbonyl (C=O) groups excluding carboxylic acids is 2. The molecule has 144 valence electrons. The summed E-state index contributed by atoms with van der Waals surface area (Å²) in [5.74, 6) is -3.31. The van der Waals surface area contributed by atoms with E-state index in [0.29, 0.717) is 6.07 Å². The molecule has 0 unspecified atom stereocenters. The van der Waals surface area contributed by atoms with E-state index >= 15 is 0 Å². The number of benzene rings is 2. The molecule has 0 spiro atoms. The molecule has 10 heteroatoms. The second-order valence-electron chi connectivity index (χ2n) is 5.38. The van der Waals surface area contributed by atoms with Crippen molar-refractivity contribution in [2.24, 2.45) is 0 Å². The van der Waals surface area contributed by atoms with Crippen LogP contribution < -0.4 is 16.2 Å². The molecule has 2 rings (SSSR count). The van der Waals surface area contributed by atoms with E-state index in [4.69, 9.17) is 0 Å². The number of hydrogen-bond acceptors (Lipinski definition) is 3. The number of rotatable bonds is 6. The van der Waals surface area contributed by atoms with Gasteiger partial charge in [-0.2, -0.15) is 13.2 Å². The quantitative estimate of drug-likeness (QED) is 0.527. The topological polar surface area (TPSA) is 70.2 Å². The van der Waals surface area contributed by atoms with Gasteiger partial charge in [0.1, 0.15) is 11.6 Å². The van der Waals surface area contributed by atoms with E-state index in [9.17, 15) is 31.5 Å². The molecule has 2 aromatic carbocycles. The van der Waals surface area contributed by atoms with Crippen molar-refractivity contribution >= 4 is 17.5 Å². The van der Waals surface area contributed by atoms with Crippen LogP contribution in [0.4, 0.5) is 27.6 Å². The third kappa shape index (κ3) is 5.94. The van der Waals surface area contributed by atoms with Crippen LogP contribution in [0, 0.1) is 11.6 Å². The highest BCUT2D eigenvalue weighted by Gasteiger charge is 2.30. The van der Waals surface area contributed by atoms with Crippen LogP contribution in [0.25, 0.3) is 0 Å². The van der Waals surface area contributed by atoms with Crippen LogP contribution in [0.15, 0.2) is 42.5 Å². The Bertz CT molecular complexity index is 840. The zero-order valence-corrected chi connectivity index (χ0v) is 13.7. The molecule has 2 amide bonds. The first-order chi connectivity index (χ1) is 12.7. The molecule has 2 aromatic rings. The highest BCUT2D eigenvalue weighted by molar-refractivity contribution is 5.94. The number of nitrogens with one attached hydrogen (secondary N) is 3.